The molecule has 0 bridgehead atoms. The second-order valence-corrected chi connectivity index (χ2v) is 13.3. The monoisotopic (exact) mass is 650 g/mol. The minimum absolute atomic E-state index is 0.907. The Morgan fingerprint density at radius 3 is 1.51 bits per heavy atom. The highest BCUT2D eigenvalue weighted by atomic mass is 16.3. The van der Waals surface area contributed by atoms with Crippen LogP contribution in [0.4, 0.5) is 0 Å². The normalized spacial score (nSPS) is 11.9. The van der Waals surface area contributed by atoms with E-state index in [1.807, 2.05) is 6.07 Å². The number of para-hydroxylation sites is 6. The third-order valence-electron chi connectivity index (χ3n) is 10.5. The maximum absolute atomic E-state index is 6.54. The molecule has 0 fully saturated rings. The Kier molecular flexibility index (Phi) is 5.96. The van der Waals surface area contributed by atoms with Crippen LogP contribution in [0.5, 0.6) is 0 Å². The Morgan fingerprint density at radius 1 is 0.353 bits per heavy atom. The molecule has 11 rings (SSSR count). The Morgan fingerprint density at radius 2 is 0.863 bits per heavy atom. The number of rotatable bonds is 4. The van der Waals surface area contributed by atoms with Gasteiger partial charge in [0, 0.05) is 54.8 Å². The molecule has 238 valence electrons. The van der Waals surface area contributed by atoms with Crippen molar-refractivity contribution in [2.24, 2.45) is 0 Å². The summed E-state index contributed by atoms with van der Waals surface area (Å²) in [6, 6.07) is 65.4. The van der Waals surface area contributed by atoms with Crippen LogP contribution in [-0.2, 0) is 0 Å². The standard InChI is InChI=1S/C48H30N2O/c1-3-17-33(18-4-1)49-40-26-10-7-22-38(40)46-42(49)30-43-47(39-23-8-11-27-41(39)50(43)34-19-5-2-6-20-34)45(46)32-16-13-15-31(29-32)35-24-14-25-37-36-21-9-12-28-44(36)51-48(35)37/h1-30H. The lowest BCUT2D eigenvalue weighted by Gasteiger charge is -2.14. The Bertz CT molecular complexity index is 2990. The van der Waals surface area contributed by atoms with Gasteiger partial charge in [-0.05, 0) is 65.7 Å². The van der Waals surface area contributed by atoms with Crippen molar-refractivity contribution in [3.8, 4) is 33.6 Å². The van der Waals surface area contributed by atoms with Gasteiger partial charge in [-0.15, -0.1) is 0 Å². The third kappa shape index (κ3) is 4.06. The molecule has 3 heterocycles. The predicted molar refractivity (Wildman–Crippen MR) is 213 cm³/mol. The number of fused-ring (bicyclic) bond motifs is 9. The number of hydrogen-bond acceptors (Lipinski definition) is 1. The number of nitrogens with zero attached hydrogens (tertiary/aromatic N) is 2. The van der Waals surface area contributed by atoms with Crippen LogP contribution in [0.3, 0.4) is 0 Å². The summed E-state index contributed by atoms with van der Waals surface area (Å²) < 4.78 is 11.4. The van der Waals surface area contributed by atoms with Crippen LogP contribution >= 0.6 is 0 Å². The zero-order valence-corrected chi connectivity index (χ0v) is 27.6. The van der Waals surface area contributed by atoms with Gasteiger partial charge in [-0.2, -0.15) is 0 Å². The molecular weight excluding hydrogens is 621 g/mol. The first kappa shape index (κ1) is 28.0. The van der Waals surface area contributed by atoms with E-state index >= 15 is 0 Å². The summed E-state index contributed by atoms with van der Waals surface area (Å²) in [5.74, 6) is 0. The van der Waals surface area contributed by atoms with Gasteiger partial charge in [-0.1, -0.05) is 127 Å². The predicted octanol–water partition coefficient (Wildman–Crippen LogP) is 13.1. The second-order valence-electron chi connectivity index (χ2n) is 13.3. The Hall–Kier alpha value is -6.84. The Balaban J connectivity index is 1.31. The summed E-state index contributed by atoms with van der Waals surface area (Å²) in [6.07, 6.45) is 0. The summed E-state index contributed by atoms with van der Waals surface area (Å²) in [6.45, 7) is 0. The molecule has 0 saturated heterocycles. The molecular formula is C48H30N2O. The first-order valence-corrected chi connectivity index (χ1v) is 17.4. The van der Waals surface area contributed by atoms with E-state index in [2.05, 4.69) is 185 Å². The van der Waals surface area contributed by atoms with Crippen LogP contribution in [-0.4, -0.2) is 9.13 Å². The van der Waals surface area contributed by atoms with Crippen molar-refractivity contribution in [1.29, 1.82) is 0 Å². The van der Waals surface area contributed by atoms with Gasteiger partial charge in [0.05, 0.1) is 22.1 Å². The van der Waals surface area contributed by atoms with Crippen molar-refractivity contribution in [3.05, 3.63) is 182 Å². The molecule has 0 N–H and O–H groups in total. The third-order valence-corrected chi connectivity index (χ3v) is 10.5. The van der Waals surface area contributed by atoms with E-state index < -0.39 is 0 Å². The first-order valence-electron chi connectivity index (χ1n) is 17.4. The van der Waals surface area contributed by atoms with E-state index in [1.54, 1.807) is 0 Å². The summed E-state index contributed by atoms with van der Waals surface area (Å²) in [5, 5.41) is 7.23. The van der Waals surface area contributed by atoms with Crippen LogP contribution in [0.1, 0.15) is 0 Å². The van der Waals surface area contributed by atoms with Crippen molar-refractivity contribution in [3.63, 3.8) is 0 Å². The van der Waals surface area contributed by atoms with Crippen LogP contribution in [0.15, 0.2) is 186 Å². The van der Waals surface area contributed by atoms with E-state index in [4.69, 9.17) is 4.42 Å². The van der Waals surface area contributed by atoms with E-state index in [1.165, 1.54) is 54.7 Å². The van der Waals surface area contributed by atoms with Gasteiger partial charge >= 0.3 is 0 Å². The van der Waals surface area contributed by atoms with Gasteiger partial charge in [0.2, 0.25) is 0 Å². The fraction of sp³-hybridized carbons (Fsp3) is 0. The van der Waals surface area contributed by atoms with Gasteiger partial charge in [0.25, 0.3) is 0 Å². The zero-order chi connectivity index (χ0) is 33.5. The molecule has 0 aliphatic carbocycles. The summed E-state index contributed by atoms with van der Waals surface area (Å²) in [5.41, 5.74) is 13.4. The van der Waals surface area contributed by atoms with Crippen molar-refractivity contribution < 1.29 is 4.42 Å². The molecule has 0 saturated carbocycles. The van der Waals surface area contributed by atoms with Crippen molar-refractivity contribution in [1.82, 2.24) is 9.13 Å². The largest absolute Gasteiger partial charge is 0.455 e. The van der Waals surface area contributed by atoms with Crippen LogP contribution < -0.4 is 0 Å². The lowest BCUT2D eigenvalue weighted by Crippen LogP contribution is -1.96. The van der Waals surface area contributed by atoms with Gasteiger partial charge in [-0.25, -0.2) is 0 Å². The van der Waals surface area contributed by atoms with E-state index in [9.17, 15) is 0 Å². The average Bonchev–Trinajstić information content (AvgIpc) is 3.85. The molecule has 3 nitrogen and oxygen atoms in total. The smallest absolute Gasteiger partial charge is 0.143 e. The summed E-state index contributed by atoms with van der Waals surface area (Å²) >= 11 is 0. The van der Waals surface area contributed by atoms with Gasteiger partial charge in [0.15, 0.2) is 0 Å². The summed E-state index contributed by atoms with van der Waals surface area (Å²) in [7, 11) is 0. The molecule has 0 amide bonds. The number of benzene rings is 8. The maximum Gasteiger partial charge on any atom is 0.143 e. The minimum atomic E-state index is 0.907. The zero-order valence-electron chi connectivity index (χ0n) is 27.6. The lowest BCUT2D eigenvalue weighted by molar-refractivity contribution is 0.670. The molecule has 11 aromatic rings. The number of aromatic nitrogens is 2. The van der Waals surface area contributed by atoms with Crippen molar-refractivity contribution in [2.75, 3.05) is 0 Å². The molecule has 0 spiro atoms. The Labute approximate surface area is 293 Å². The van der Waals surface area contributed by atoms with Crippen LogP contribution in [0, 0.1) is 0 Å². The van der Waals surface area contributed by atoms with Gasteiger partial charge in [-0.3, -0.25) is 0 Å². The molecule has 3 aromatic heterocycles. The van der Waals surface area contributed by atoms with Crippen molar-refractivity contribution in [2.45, 2.75) is 0 Å². The molecule has 0 atom stereocenters. The van der Waals surface area contributed by atoms with Crippen molar-refractivity contribution >= 4 is 65.6 Å². The molecule has 8 aromatic carbocycles. The molecule has 51 heavy (non-hydrogen) atoms. The molecule has 0 aliphatic heterocycles. The number of hydrogen-bond donors (Lipinski definition) is 0. The quantitative estimate of drug-likeness (QED) is 0.186. The molecule has 0 aliphatic rings. The fourth-order valence-electron chi connectivity index (χ4n) is 8.39. The molecule has 0 radical (unpaired) electrons. The highest BCUT2D eigenvalue weighted by Crippen LogP contribution is 2.48. The van der Waals surface area contributed by atoms with E-state index in [0.717, 1.165) is 44.4 Å². The lowest BCUT2D eigenvalue weighted by atomic mass is 9.92. The van der Waals surface area contributed by atoms with Crippen LogP contribution in [0.25, 0.3) is 99.2 Å². The number of furan rings is 1. The topological polar surface area (TPSA) is 23.0 Å². The minimum Gasteiger partial charge on any atom is -0.455 e. The van der Waals surface area contributed by atoms with Gasteiger partial charge in [0.1, 0.15) is 11.2 Å². The first-order chi connectivity index (χ1) is 25.3. The van der Waals surface area contributed by atoms with E-state index in [-0.39, 0.29) is 0 Å². The summed E-state index contributed by atoms with van der Waals surface area (Å²) in [4.78, 5) is 0. The SMILES string of the molecule is c1ccc(-n2c3ccccc3c3c(-c4cccc(-c5cccc6c5oc5ccccc56)c4)c4c5ccccc5n(-c5ccccc5)c4cc32)cc1. The molecule has 0 unspecified atom stereocenters. The average molecular weight is 651 g/mol. The second kappa shape index (κ2) is 10.8. The fourth-order valence-corrected chi connectivity index (χ4v) is 8.39. The van der Waals surface area contributed by atoms with Crippen LogP contribution in [0.2, 0.25) is 0 Å². The van der Waals surface area contributed by atoms with Gasteiger partial charge < -0.3 is 13.6 Å². The maximum atomic E-state index is 6.54. The van der Waals surface area contributed by atoms with E-state index in [0.29, 0.717) is 0 Å². The highest BCUT2D eigenvalue weighted by molar-refractivity contribution is 6.28. The highest BCUT2D eigenvalue weighted by Gasteiger charge is 2.24. The molecule has 3 heteroatoms.